The van der Waals surface area contributed by atoms with Crippen molar-refractivity contribution >= 4 is 0 Å². The molecule has 2 N–H and O–H groups in total. The van der Waals surface area contributed by atoms with Gasteiger partial charge in [-0.3, -0.25) is 0 Å². The number of aryl methyl sites for hydroxylation is 1. The molecule has 3 nitrogen and oxygen atoms in total. The molecular weight excluding hydrogens is 262 g/mol. The fraction of sp³-hybridized carbons (Fsp3) is 0.667. The smallest absolute Gasteiger partial charge is 0.126 e. The van der Waals surface area contributed by atoms with E-state index in [0.29, 0.717) is 24.6 Å². The van der Waals surface area contributed by atoms with Gasteiger partial charge in [0, 0.05) is 24.3 Å². The Labute approximate surface area is 127 Å². The van der Waals surface area contributed by atoms with E-state index in [1.54, 1.807) is 0 Å². The fourth-order valence-corrected chi connectivity index (χ4v) is 3.84. The molecule has 1 aromatic rings. The van der Waals surface area contributed by atoms with Gasteiger partial charge >= 0.3 is 0 Å². The zero-order valence-electron chi connectivity index (χ0n) is 13.0. The third kappa shape index (κ3) is 3.24. The Morgan fingerprint density at radius 1 is 1.19 bits per heavy atom. The third-order valence-electron chi connectivity index (χ3n) is 5.06. The van der Waals surface area contributed by atoms with E-state index in [2.05, 4.69) is 30.4 Å². The second-order valence-corrected chi connectivity index (χ2v) is 6.54. The van der Waals surface area contributed by atoms with Crippen LogP contribution in [0.4, 0.5) is 0 Å². The Hall–Kier alpha value is -1.06. The van der Waals surface area contributed by atoms with Crippen molar-refractivity contribution < 1.29 is 9.84 Å². The van der Waals surface area contributed by atoms with Crippen LogP contribution in [-0.4, -0.2) is 24.4 Å². The lowest BCUT2D eigenvalue weighted by Crippen LogP contribution is -2.42. The van der Waals surface area contributed by atoms with E-state index in [1.807, 2.05) is 0 Å². The lowest BCUT2D eigenvalue weighted by molar-refractivity contribution is 0.144. The van der Waals surface area contributed by atoms with Gasteiger partial charge in [0.25, 0.3) is 0 Å². The molecule has 1 aromatic carbocycles. The van der Waals surface area contributed by atoms with Crippen molar-refractivity contribution in [3.8, 4) is 5.75 Å². The number of aliphatic hydroxyl groups is 1. The number of hydrogen-bond acceptors (Lipinski definition) is 3. The molecule has 1 aliphatic heterocycles. The summed E-state index contributed by atoms with van der Waals surface area (Å²) in [6.07, 6.45) is 7.07. The second kappa shape index (κ2) is 6.80. The minimum atomic E-state index is 0.307. The molecule has 116 valence electrons. The Kier molecular flexibility index (Phi) is 4.81. The van der Waals surface area contributed by atoms with E-state index in [0.717, 1.165) is 31.6 Å². The van der Waals surface area contributed by atoms with Crippen molar-refractivity contribution in [3.05, 3.63) is 29.3 Å². The molecule has 0 aromatic heterocycles. The number of fused-ring (bicyclic) bond motifs is 1. The number of rotatable bonds is 3. The van der Waals surface area contributed by atoms with Crippen LogP contribution in [0.3, 0.4) is 0 Å². The Morgan fingerprint density at radius 3 is 2.90 bits per heavy atom. The average molecular weight is 289 g/mol. The highest BCUT2D eigenvalue weighted by molar-refractivity contribution is 5.43. The zero-order chi connectivity index (χ0) is 14.7. The quantitative estimate of drug-likeness (QED) is 0.896. The van der Waals surface area contributed by atoms with Gasteiger partial charge in [0.05, 0.1) is 6.61 Å². The van der Waals surface area contributed by atoms with E-state index in [4.69, 9.17) is 4.74 Å². The molecule has 1 fully saturated rings. The van der Waals surface area contributed by atoms with Crippen LogP contribution < -0.4 is 10.1 Å². The molecule has 2 aliphatic rings. The van der Waals surface area contributed by atoms with Crippen molar-refractivity contribution in [1.82, 2.24) is 5.32 Å². The predicted octanol–water partition coefficient (Wildman–Crippen LogP) is 3.35. The summed E-state index contributed by atoms with van der Waals surface area (Å²) < 4.78 is 5.96. The Balaban J connectivity index is 1.80. The number of para-hydroxylation sites is 1. The molecule has 0 bridgehead atoms. The summed E-state index contributed by atoms with van der Waals surface area (Å²) in [5.74, 6) is 1.49. The monoisotopic (exact) mass is 289 g/mol. The maximum Gasteiger partial charge on any atom is 0.126 e. The average Bonchev–Trinajstić information content (AvgIpc) is 2.72. The first-order chi connectivity index (χ1) is 10.3. The SMILES string of the molecule is Cc1cccc2c1OCCCC2NC1CCCCC1CO. The van der Waals surface area contributed by atoms with Gasteiger partial charge in [-0.1, -0.05) is 31.0 Å². The second-order valence-electron chi connectivity index (χ2n) is 6.54. The summed E-state index contributed by atoms with van der Waals surface area (Å²) in [5.41, 5.74) is 2.53. The molecule has 21 heavy (non-hydrogen) atoms. The van der Waals surface area contributed by atoms with E-state index in [9.17, 15) is 5.11 Å². The summed E-state index contributed by atoms with van der Waals surface area (Å²) in [6, 6.07) is 7.25. The Bertz CT molecular complexity index is 474. The molecule has 0 saturated heterocycles. The van der Waals surface area contributed by atoms with Gasteiger partial charge in [-0.2, -0.15) is 0 Å². The molecular formula is C18H27NO2. The maximum atomic E-state index is 9.62. The Morgan fingerprint density at radius 2 is 2.05 bits per heavy atom. The molecule has 1 aliphatic carbocycles. The van der Waals surface area contributed by atoms with E-state index < -0.39 is 0 Å². The van der Waals surface area contributed by atoms with Crippen molar-refractivity contribution in [2.24, 2.45) is 5.92 Å². The molecule has 3 rings (SSSR count). The minimum absolute atomic E-state index is 0.307. The van der Waals surface area contributed by atoms with Crippen molar-refractivity contribution in [2.45, 2.75) is 57.5 Å². The van der Waals surface area contributed by atoms with Crippen LogP contribution in [-0.2, 0) is 0 Å². The van der Waals surface area contributed by atoms with Crippen LogP contribution in [0.5, 0.6) is 5.75 Å². The van der Waals surface area contributed by atoms with Crippen LogP contribution in [0.15, 0.2) is 18.2 Å². The zero-order valence-corrected chi connectivity index (χ0v) is 13.0. The summed E-state index contributed by atoms with van der Waals surface area (Å²) in [4.78, 5) is 0. The van der Waals surface area contributed by atoms with Crippen molar-refractivity contribution in [2.75, 3.05) is 13.2 Å². The standard InChI is InChI=1S/C18H27NO2/c1-13-6-4-8-15-17(10-5-11-21-18(13)15)19-16-9-3-2-7-14(16)12-20/h4,6,8,14,16-17,19-20H,2-3,5,7,9-12H2,1H3. The summed E-state index contributed by atoms with van der Waals surface area (Å²) >= 11 is 0. The molecule has 3 unspecified atom stereocenters. The number of benzene rings is 1. The molecule has 3 heteroatoms. The van der Waals surface area contributed by atoms with Crippen LogP contribution in [0, 0.1) is 12.8 Å². The van der Waals surface area contributed by atoms with Crippen LogP contribution in [0.25, 0.3) is 0 Å². The first-order valence-electron chi connectivity index (χ1n) is 8.39. The molecule has 0 radical (unpaired) electrons. The fourth-order valence-electron chi connectivity index (χ4n) is 3.84. The van der Waals surface area contributed by atoms with Crippen LogP contribution in [0.2, 0.25) is 0 Å². The molecule has 1 heterocycles. The van der Waals surface area contributed by atoms with E-state index >= 15 is 0 Å². The van der Waals surface area contributed by atoms with Gasteiger partial charge in [-0.15, -0.1) is 0 Å². The summed E-state index contributed by atoms with van der Waals surface area (Å²) in [5, 5.41) is 13.5. The van der Waals surface area contributed by atoms with Gasteiger partial charge in [-0.25, -0.2) is 0 Å². The lowest BCUT2D eigenvalue weighted by Gasteiger charge is -2.34. The van der Waals surface area contributed by atoms with Crippen molar-refractivity contribution in [1.29, 1.82) is 0 Å². The summed E-state index contributed by atoms with van der Waals surface area (Å²) in [7, 11) is 0. The van der Waals surface area contributed by atoms with Gasteiger partial charge in [-0.05, 0) is 44.1 Å². The maximum absolute atomic E-state index is 9.62. The highest BCUT2D eigenvalue weighted by Gasteiger charge is 2.29. The highest BCUT2D eigenvalue weighted by atomic mass is 16.5. The molecule has 0 amide bonds. The van der Waals surface area contributed by atoms with Gasteiger partial charge in [0.15, 0.2) is 0 Å². The predicted molar refractivity (Wildman–Crippen MR) is 84.6 cm³/mol. The normalized spacial score (nSPS) is 29.3. The van der Waals surface area contributed by atoms with Crippen LogP contribution >= 0.6 is 0 Å². The first kappa shape index (κ1) is 14.9. The molecule has 0 spiro atoms. The lowest BCUT2D eigenvalue weighted by atomic mass is 9.84. The molecule has 3 atom stereocenters. The number of hydrogen-bond donors (Lipinski definition) is 2. The van der Waals surface area contributed by atoms with Gasteiger partial charge in [0.1, 0.15) is 5.75 Å². The van der Waals surface area contributed by atoms with Crippen LogP contribution in [0.1, 0.15) is 55.7 Å². The number of aliphatic hydroxyl groups excluding tert-OH is 1. The first-order valence-corrected chi connectivity index (χ1v) is 8.39. The largest absolute Gasteiger partial charge is 0.493 e. The topological polar surface area (TPSA) is 41.5 Å². The van der Waals surface area contributed by atoms with E-state index in [-0.39, 0.29) is 0 Å². The minimum Gasteiger partial charge on any atom is -0.493 e. The number of nitrogens with one attached hydrogen (secondary N) is 1. The van der Waals surface area contributed by atoms with Gasteiger partial charge in [0.2, 0.25) is 0 Å². The van der Waals surface area contributed by atoms with E-state index in [1.165, 1.54) is 30.4 Å². The highest BCUT2D eigenvalue weighted by Crippen LogP contribution is 2.36. The van der Waals surface area contributed by atoms with Crippen molar-refractivity contribution in [3.63, 3.8) is 0 Å². The number of ether oxygens (including phenoxy) is 1. The third-order valence-corrected chi connectivity index (χ3v) is 5.06. The summed E-state index contributed by atoms with van der Waals surface area (Å²) in [6.45, 7) is 3.24. The molecule has 1 saturated carbocycles. The van der Waals surface area contributed by atoms with Gasteiger partial charge < -0.3 is 15.2 Å².